The van der Waals surface area contributed by atoms with Crippen molar-refractivity contribution in [1.82, 2.24) is 0 Å². The molecule has 2 amide bonds. The van der Waals surface area contributed by atoms with Crippen LogP contribution in [0.15, 0.2) is 91.0 Å². The number of imide groups is 1. The summed E-state index contributed by atoms with van der Waals surface area (Å²) in [6.45, 7) is 0. The molecular weight excluding hydrogens is 326 g/mol. The highest BCUT2D eigenvalue weighted by molar-refractivity contribution is 6.28. The summed E-state index contributed by atoms with van der Waals surface area (Å²) in [7, 11) is 0. The highest BCUT2D eigenvalue weighted by atomic mass is 16.5. The van der Waals surface area contributed by atoms with Gasteiger partial charge >= 0.3 is 0 Å². The van der Waals surface area contributed by atoms with Crippen LogP contribution in [0.3, 0.4) is 0 Å². The summed E-state index contributed by atoms with van der Waals surface area (Å²) in [5.74, 6) is 0.542. The SMILES string of the molecule is O=C1C=CC(=O)N1c1cccc(Oc2ccc(-c3ccccc3)cc2)c1. The van der Waals surface area contributed by atoms with Crippen molar-refractivity contribution in [3.63, 3.8) is 0 Å². The number of anilines is 1. The van der Waals surface area contributed by atoms with Crippen LogP contribution in [0, 0.1) is 0 Å². The fourth-order valence-electron chi connectivity index (χ4n) is 2.82. The lowest BCUT2D eigenvalue weighted by Crippen LogP contribution is -2.29. The van der Waals surface area contributed by atoms with Crippen LogP contribution >= 0.6 is 0 Å². The van der Waals surface area contributed by atoms with Crippen molar-refractivity contribution in [3.05, 3.63) is 91.0 Å². The van der Waals surface area contributed by atoms with E-state index in [9.17, 15) is 9.59 Å². The number of carbonyl (C=O) groups excluding carboxylic acids is 2. The Morgan fingerprint density at radius 3 is 1.96 bits per heavy atom. The maximum Gasteiger partial charge on any atom is 0.258 e. The average Bonchev–Trinajstić information content (AvgIpc) is 3.02. The molecule has 0 N–H and O–H groups in total. The van der Waals surface area contributed by atoms with Crippen molar-refractivity contribution in [2.45, 2.75) is 0 Å². The molecule has 0 bridgehead atoms. The van der Waals surface area contributed by atoms with E-state index in [0.29, 0.717) is 17.2 Å². The van der Waals surface area contributed by atoms with Gasteiger partial charge in [-0.25, -0.2) is 4.90 Å². The predicted molar refractivity (Wildman–Crippen MR) is 100 cm³/mol. The summed E-state index contributed by atoms with van der Waals surface area (Å²) < 4.78 is 5.87. The van der Waals surface area contributed by atoms with Crippen LogP contribution in [0.1, 0.15) is 0 Å². The van der Waals surface area contributed by atoms with Gasteiger partial charge in [-0.1, -0.05) is 48.5 Å². The molecule has 4 nitrogen and oxygen atoms in total. The molecule has 0 spiro atoms. The summed E-state index contributed by atoms with van der Waals surface area (Å²) in [6.07, 6.45) is 2.52. The number of hydrogen-bond donors (Lipinski definition) is 0. The van der Waals surface area contributed by atoms with Crippen molar-refractivity contribution in [1.29, 1.82) is 0 Å². The number of rotatable bonds is 4. The van der Waals surface area contributed by atoms with E-state index in [0.717, 1.165) is 16.0 Å². The Morgan fingerprint density at radius 2 is 1.27 bits per heavy atom. The van der Waals surface area contributed by atoms with Crippen LogP contribution in [0.4, 0.5) is 5.69 Å². The van der Waals surface area contributed by atoms with Crippen molar-refractivity contribution in [3.8, 4) is 22.6 Å². The largest absolute Gasteiger partial charge is 0.457 e. The van der Waals surface area contributed by atoms with Crippen molar-refractivity contribution in [2.24, 2.45) is 0 Å². The Morgan fingerprint density at radius 1 is 0.615 bits per heavy atom. The zero-order valence-electron chi connectivity index (χ0n) is 13.8. The Hall–Kier alpha value is -3.66. The van der Waals surface area contributed by atoms with Crippen molar-refractivity contribution >= 4 is 17.5 Å². The molecule has 0 atom stereocenters. The number of hydrogen-bond acceptors (Lipinski definition) is 3. The zero-order chi connectivity index (χ0) is 17.9. The molecule has 1 aliphatic rings. The minimum Gasteiger partial charge on any atom is -0.457 e. The van der Waals surface area contributed by atoms with E-state index in [2.05, 4.69) is 12.1 Å². The highest BCUT2D eigenvalue weighted by Gasteiger charge is 2.25. The first-order valence-corrected chi connectivity index (χ1v) is 8.20. The Labute approximate surface area is 151 Å². The maximum atomic E-state index is 11.8. The number of carbonyl (C=O) groups is 2. The standard InChI is InChI=1S/C22H15NO3/c24-21-13-14-22(25)23(21)18-7-4-8-20(15-18)26-19-11-9-17(10-12-19)16-5-2-1-3-6-16/h1-15H. The predicted octanol–water partition coefficient (Wildman–Crippen LogP) is 4.58. The minimum atomic E-state index is -0.348. The van der Waals surface area contributed by atoms with Gasteiger partial charge in [0.15, 0.2) is 0 Å². The molecule has 0 fully saturated rings. The number of nitrogens with zero attached hydrogens (tertiary/aromatic N) is 1. The molecule has 0 aromatic heterocycles. The molecule has 3 aromatic carbocycles. The molecule has 4 heteroatoms. The van der Waals surface area contributed by atoms with Crippen molar-refractivity contribution in [2.75, 3.05) is 4.90 Å². The summed E-state index contributed by atoms with van der Waals surface area (Å²) in [5, 5.41) is 0. The lowest BCUT2D eigenvalue weighted by molar-refractivity contribution is -0.119. The lowest BCUT2D eigenvalue weighted by Gasteiger charge is -2.15. The first-order valence-electron chi connectivity index (χ1n) is 8.20. The monoisotopic (exact) mass is 341 g/mol. The van der Waals surface area contributed by atoms with Crippen LogP contribution in [0.2, 0.25) is 0 Å². The maximum absolute atomic E-state index is 11.8. The van der Waals surface area contributed by atoms with Crippen LogP contribution in [-0.2, 0) is 9.59 Å². The van der Waals surface area contributed by atoms with Crippen molar-refractivity contribution < 1.29 is 14.3 Å². The van der Waals surface area contributed by atoms with Gasteiger partial charge in [0.1, 0.15) is 11.5 Å². The van der Waals surface area contributed by atoms with Gasteiger partial charge < -0.3 is 4.74 Å². The number of ether oxygens (including phenoxy) is 1. The second kappa shape index (κ2) is 6.69. The molecule has 1 heterocycles. The van der Waals surface area contributed by atoms with E-state index in [-0.39, 0.29) is 11.8 Å². The molecule has 1 aliphatic heterocycles. The molecule has 0 saturated carbocycles. The molecule has 126 valence electrons. The van der Waals surface area contributed by atoms with Gasteiger partial charge in [-0.3, -0.25) is 9.59 Å². The van der Waals surface area contributed by atoms with Gasteiger partial charge in [0.05, 0.1) is 5.69 Å². The second-order valence-electron chi connectivity index (χ2n) is 5.84. The fraction of sp³-hybridized carbons (Fsp3) is 0. The lowest BCUT2D eigenvalue weighted by atomic mass is 10.1. The van der Waals surface area contributed by atoms with E-state index >= 15 is 0 Å². The first-order chi connectivity index (χ1) is 12.7. The van der Waals surface area contributed by atoms with E-state index in [1.807, 2.05) is 42.5 Å². The Kier molecular flexibility index (Phi) is 4.07. The van der Waals surface area contributed by atoms with Crippen LogP contribution in [-0.4, -0.2) is 11.8 Å². The molecule has 0 radical (unpaired) electrons. The smallest absolute Gasteiger partial charge is 0.258 e. The second-order valence-corrected chi connectivity index (χ2v) is 5.84. The normalized spacial score (nSPS) is 13.3. The van der Waals surface area contributed by atoms with Crippen LogP contribution in [0.5, 0.6) is 11.5 Å². The Bertz CT molecular complexity index is 973. The molecule has 3 aromatic rings. The van der Waals surface area contributed by atoms with E-state index in [1.54, 1.807) is 24.3 Å². The third-order valence-electron chi connectivity index (χ3n) is 4.08. The average molecular weight is 341 g/mol. The van der Waals surface area contributed by atoms with Crippen LogP contribution < -0.4 is 9.64 Å². The zero-order valence-corrected chi connectivity index (χ0v) is 13.8. The van der Waals surface area contributed by atoms with Gasteiger partial charge in [0.2, 0.25) is 0 Å². The molecular formula is C22H15NO3. The van der Waals surface area contributed by atoms with E-state index < -0.39 is 0 Å². The molecule has 0 unspecified atom stereocenters. The van der Waals surface area contributed by atoms with Gasteiger partial charge in [-0.05, 0) is 35.4 Å². The van der Waals surface area contributed by atoms with Gasteiger partial charge in [0.25, 0.3) is 11.8 Å². The first kappa shape index (κ1) is 15.8. The van der Waals surface area contributed by atoms with Gasteiger partial charge in [-0.2, -0.15) is 0 Å². The summed E-state index contributed by atoms with van der Waals surface area (Å²) in [6, 6.07) is 24.8. The summed E-state index contributed by atoms with van der Waals surface area (Å²) in [4.78, 5) is 24.7. The minimum absolute atomic E-state index is 0.348. The quantitative estimate of drug-likeness (QED) is 0.653. The Balaban J connectivity index is 1.54. The summed E-state index contributed by atoms with van der Waals surface area (Å²) >= 11 is 0. The third-order valence-corrected chi connectivity index (χ3v) is 4.08. The third kappa shape index (κ3) is 3.13. The number of amides is 2. The van der Waals surface area contributed by atoms with E-state index in [4.69, 9.17) is 4.74 Å². The molecule has 26 heavy (non-hydrogen) atoms. The topological polar surface area (TPSA) is 46.6 Å². The van der Waals surface area contributed by atoms with Gasteiger partial charge in [-0.15, -0.1) is 0 Å². The highest BCUT2D eigenvalue weighted by Crippen LogP contribution is 2.29. The van der Waals surface area contributed by atoms with Crippen LogP contribution in [0.25, 0.3) is 11.1 Å². The fourth-order valence-corrected chi connectivity index (χ4v) is 2.82. The molecule has 4 rings (SSSR count). The van der Waals surface area contributed by atoms with E-state index in [1.165, 1.54) is 12.2 Å². The number of benzene rings is 3. The van der Waals surface area contributed by atoms with Gasteiger partial charge in [0, 0.05) is 18.2 Å². The molecule has 0 aliphatic carbocycles. The molecule has 0 saturated heterocycles. The summed E-state index contributed by atoms with van der Waals surface area (Å²) in [5.41, 5.74) is 2.73.